The minimum absolute atomic E-state index is 0.0845. The van der Waals surface area contributed by atoms with Crippen LogP contribution < -0.4 is 21.1 Å². The van der Waals surface area contributed by atoms with Crippen LogP contribution in [0, 0.1) is 29.1 Å². The van der Waals surface area contributed by atoms with Crippen molar-refractivity contribution in [3.8, 4) is 5.75 Å². The largest absolute Gasteiger partial charge is 0.497 e. The van der Waals surface area contributed by atoms with Crippen molar-refractivity contribution in [3.63, 3.8) is 0 Å². The van der Waals surface area contributed by atoms with Crippen LogP contribution in [0.1, 0.15) is 32.1 Å². The number of carbonyl (C=O) groups is 3. The summed E-state index contributed by atoms with van der Waals surface area (Å²) < 4.78 is 5.15. The van der Waals surface area contributed by atoms with E-state index in [9.17, 15) is 14.4 Å². The van der Waals surface area contributed by atoms with Crippen LogP contribution in [0.3, 0.4) is 0 Å². The summed E-state index contributed by atoms with van der Waals surface area (Å²) in [6.07, 6.45) is 4.35. The molecule has 3 aliphatic carbocycles. The number of nitrogens with one attached hydrogen (secondary N) is 2. The Morgan fingerprint density at radius 1 is 1.07 bits per heavy atom. The normalized spacial score (nSPS) is 28.8. The van der Waals surface area contributed by atoms with Gasteiger partial charge in [-0.1, -0.05) is 0 Å². The third kappa shape index (κ3) is 3.12. The van der Waals surface area contributed by atoms with Crippen molar-refractivity contribution in [1.29, 1.82) is 0 Å². The molecule has 7 heteroatoms. The summed E-state index contributed by atoms with van der Waals surface area (Å²) in [6.45, 7) is 0.224. The minimum atomic E-state index is -0.444. The smallest absolute Gasteiger partial charge is 0.228 e. The van der Waals surface area contributed by atoms with E-state index in [0.717, 1.165) is 31.4 Å². The lowest BCUT2D eigenvalue weighted by molar-refractivity contribution is -0.134. The Bertz CT molecular complexity index is 787. The fraction of sp³-hybridized carbons (Fsp3) is 0.571. The number of hydrogen-bond acceptors (Lipinski definition) is 4. The van der Waals surface area contributed by atoms with Crippen LogP contribution in [0.4, 0.5) is 5.69 Å². The van der Waals surface area contributed by atoms with Crippen molar-refractivity contribution in [2.24, 2.45) is 34.8 Å². The first-order valence-electron chi connectivity index (χ1n) is 9.97. The topological polar surface area (TPSA) is 111 Å². The van der Waals surface area contributed by atoms with Gasteiger partial charge in [-0.2, -0.15) is 0 Å². The quantitative estimate of drug-likeness (QED) is 0.663. The number of anilines is 1. The summed E-state index contributed by atoms with van der Waals surface area (Å²) in [6, 6.07) is 7.21. The molecule has 3 aliphatic rings. The lowest BCUT2D eigenvalue weighted by atomic mass is 9.78. The van der Waals surface area contributed by atoms with Gasteiger partial charge in [0.05, 0.1) is 18.9 Å². The zero-order valence-electron chi connectivity index (χ0n) is 16.1. The molecule has 7 nitrogen and oxygen atoms in total. The third-order valence-electron chi connectivity index (χ3n) is 6.98. The van der Waals surface area contributed by atoms with E-state index in [1.807, 2.05) is 0 Å². The molecule has 3 amide bonds. The molecular formula is C21H27N3O4. The van der Waals surface area contributed by atoms with Crippen LogP contribution in [0.25, 0.3) is 0 Å². The molecule has 4 atom stereocenters. The van der Waals surface area contributed by atoms with Gasteiger partial charge in [-0.15, -0.1) is 0 Å². The lowest BCUT2D eigenvalue weighted by Gasteiger charge is -2.29. The van der Waals surface area contributed by atoms with E-state index >= 15 is 0 Å². The molecule has 1 spiro atoms. The Morgan fingerprint density at radius 2 is 1.68 bits per heavy atom. The molecule has 3 saturated carbocycles. The highest BCUT2D eigenvalue weighted by Gasteiger charge is 2.71. The number of hydrogen-bond donors (Lipinski definition) is 3. The van der Waals surface area contributed by atoms with Gasteiger partial charge >= 0.3 is 0 Å². The van der Waals surface area contributed by atoms with E-state index in [1.54, 1.807) is 31.4 Å². The average Bonchev–Trinajstić information content (AvgIpc) is 3.34. The van der Waals surface area contributed by atoms with Crippen LogP contribution in [0.5, 0.6) is 5.75 Å². The van der Waals surface area contributed by atoms with Crippen molar-refractivity contribution in [1.82, 2.24) is 5.32 Å². The second kappa shape index (κ2) is 7.11. The van der Waals surface area contributed by atoms with E-state index < -0.39 is 5.91 Å². The van der Waals surface area contributed by atoms with Gasteiger partial charge in [0.15, 0.2) is 0 Å². The number of benzene rings is 1. The summed E-state index contributed by atoms with van der Waals surface area (Å²) >= 11 is 0. The van der Waals surface area contributed by atoms with E-state index in [-0.39, 0.29) is 53.9 Å². The maximum absolute atomic E-state index is 13.2. The Hall–Kier alpha value is -2.57. The second-order valence-electron chi connectivity index (χ2n) is 8.30. The number of carbonyl (C=O) groups excluding carboxylic acids is 3. The number of primary amides is 1. The number of methoxy groups -OCH3 is 1. The Kier molecular flexibility index (Phi) is 4.77. The average molecular weight is 385 g/mol. The minimum Gasteiger partial charge on any atom is -0.497 e. The molecule has 0 heterocycles. The predicted octanol–water partition coefficient (Wildman–Crippen LogP) is 1.68. The maximum atomic E-state index is 13.2. The number of ether oxygens (including phenoxy) is 1. The summed E-state index contributed by atoms with van der Waals surface area (Å²) in [5, 5.41) is 5.83. The first-order valence-corrected chi connectivity index (χ1v) is 9.97. The van der Waals surface area contributed by atoms with E-state index in [1.165, 1.54) is 0 Å². The number of nitrogens with two attached hydrogens (primary N) is 1. The molecule has 0 unspecified atom stereocenters. The summed E-state index contributed by atoms with van der Waals surface area (Å²) in [7, 11) is 1.60. The molecule has 3 fully saturated rings. The molecule has 0 saturated heterocycles. The molecule has 1 aromatic rings. The summed E-state index contributed by atoms with van der Waals surface area (Å²) in [5.74, 6) is -0.0415. The molecule has 1 aromatic carbocycles. The summed E-state index contributed by atoms with van der Waals surface area (Å²) in [4.78, 5) is 37.1. The van der Waals surface area contributed by atoms with Gasteiger partial charge in [0, 0.05) is 18.7 Å². The lowest BCUT2D eigenvalue weighted by Crippen LogP contribution is -2.43. The van der Waals surface area contributed by atoms with Gasteiger partial charge in [-0.25, -0.2) is 0 Å². The van der Waals surface area contributed by atoms with E-state index in [0.29, 0.717) is 5.69 Å². The van der Waals surface area contributed by atoms with Gasteiger partial charge in [0.1, 0.15) is 5.75 Å². The first kappa shape index (κ1) is 18.8. The van der Waals surface area contributed by atoms with E-state index in [2.05, 4.69) is 10.6 Å². The van der Waals surface area contributed by atoms with Crippen molar-refractivity contribution >= 4 is 23.4 Å². The highest BCUT2D eigenvalue weighted by Crippen LogP contribution is 2.74. The zero-order chi connectivity index (χ0) is 19.9. The molecule has 4 N–H and O–H groups in total. The molecular weight excluding hydrogens is 358 g/mol. The molecule has 2 bridgehead atoms. The highest BCUT2D eigenvalue weighted by molar-refractivity contribution is 5.97. The van der Waals surface area contributed by atoms with Gasteiger partial charge in [-0.3, -0.25) is 14.4 Å². The first-order chi connectivity index (χ1) is 13.5. The van der Waals surface area contributed by atoms with Gasteiger partial charge in [0.2, 0.25) is 17.7 Å². The van der Waals surface area contributed by atoms with Crippen LogP contribution in [-0.2, 0) is 14.4 Å². The van der Waals surface area contributed by atoms with Crippen LogP contribution in [-0.4, -0.2) is 31.4 Å². The number of rotatable bonds is 7. The SMILES string of the molecule is COc1ccc(NC(=O)[C@H]2[C@H](C(=O)NCCC(N)=O)[C@H]3CC[C@@H]2C32CC2)cc1. The van der Waals surface area contributed by atoms with Crippen LogP contribution in [0.15, 0.2) is 24.3 Å². The van der Waals surface area contributed by atoms with Crippen LogP contribution >= 0.6 is 0 Å². The fourth-order valence-electron chi connectivity index (χ4n) is 5.69. The second-order valence-corrected chi connectivity index (χ2v) is 8.30. The molecule has 28 heavy (non-hydrogen) atoms. The molecule has 0 radical (unpaired) electrons. The standard InChI is InChI=1S/C21H27N3O4/c1-28-13-4-2-12(3-5-13)24-20(27)18-15-7-6-14(21(15)9-10-21)17(18)19(26)23-11-8-16(22)25/h2-5,14-15,17-18H,6-11H2,1H3,(H2,22,25)(H,23,26)(H,24,27)/t14-,15+,17-,18-/m1/s1. The van der Waals surface area contributed by atoms with Crippen molar-refractivity contribution in [2.75, 3.05) is 19.0 Å². The van der Waals surface area contributed by atoms with Gasteiger partial charge < -0.3 is 21.1 Å². The van der Waals surface area contributed by atoms with Crippen molar-refractivity contribution < 1.29 is 19.1 Å². The molecule has 150 valence electrons. The molecule has 0 aromatic heterocycles. The Labute approximate surface area is 164 Å². The van der Waals surface area contributed by atoms with Crippen molar-refractivity contribution in [3.05, 3.63) is 24.3 Å². The van der Waals surface area contributed by atoms with Gasteiger partial charge in [0.25, 0.3) is 0 Å². The monoisotopic (exact) mass is 385 g/mol. The maximum Gasteiger partial charge on any atom is 0.228 e. The summed E-state index contributed by atoms with van der Waals surface area (Å²) in [5.41, 5.74) is 6.04. The van der Waals surface area contributed by atoms with Gasteiger partial charge in [-0.05, 0) is 67.2 Å². The van der Waals surface area contributed by atoms with E-state index in [4.69, 9.17) is 10.5 Å². The zero-order valence-corrected chi connectivity index (χ0v) is 16.1. The number of amides is 3. The fourth-order valence-corrected chi connectivity index (χ4v) is 5.69. The predicted molar refractivity (Wildman–Crippen MR) is 103 cm³/mol. The Balaban J connectivity index is 1.50. The van der Waals surface area contributed by atoms with Crippen molar-refractivity contribution in [2.45, 2.75) is 32.1 Å². The molecule has 4 rings (SSSR count). The molecule has 0 aliphatic heterocycles. The van der Waals surface area contributed by atoms with Crippen LogP contribution in [0.2, 0.25) is 0 Å². The highest BCUT2D eigenvalue weighted by atomic mass is 16.5. The Morgan fingerprint density at radius 3 is 2.21 bits per heavy atom. The third-order valence-corrected chi connectivity index (χ3v) is 6.98.